The average Bonchev–Trinajstić information content (AvgIpc) is 2.48. The minimum absolute atomic E-state index is 0.132. The van der Waals surface area contributed by atoms with Crippen molar-refractivity contribution in [3.8, 4) is 0 Å². The van der Waals surface area contributed by atoms with Crippen LogP contribution >= 0.6 is 0 Å². The van der Waals surface area contributed by atoms with Gasteiger partial charge in [0.25, 0.3) is 0 Å². The van der Waals surface area contributed by atoms with Crippen molar-refractivity contribution >= 4 is 9.84 Å². The number of hydrogen-bond donors (Lipinski definition) is 1. The maximum Gasteiger partial charge on any atom is 0.149 e. The normalized spacial score (nSPS) is 23.6. The molecular formula is C8H17NO3S. The molecule has 0 saturated carbocycles. The monoisotopic (exact) mass is 207 g/mol. The van der Waals surface area contributed by atoms with Gasteiger partial charge in [0.1, 0.15) is 9.84 Å². The minimum Gasteiger partial charge on any atom is -0.380 e. The van der Waals surface area contributed by atoms with Crippen molar-refractivity contribution in [2.24, 2.45) is 5.92 Å². The van der Waals surface area contributed by atoms with Gasteiger partial charge in [-0.25, -0.2) is 8.42 Å². The Kier molecular flexibility index (Phi) is 4.15. The fraction of sp³-hybridized carbons (Fsp3) is 1.00. The van der Waals surface area contributed by atoms with Crippen LogP contribution in [0, 0.1) is 5.92 Å². The fourth-order valence-corrected chi connectivity index (χ4v) is 1.74. The molecule has 0 aromatic carbocycles. The van der Waals surface area contributed by atoms with Crippen LogP contribution in [-0.2, 0) is 14.6 Å². The summed E-state index contributed by atoms with van der Waals surface area (Å²) in [6, 6.07) is 0. The van der Waals surface area contributed by atoms with Crippen LogP contribution in [-0.4, -0.2) is 46.7 Å². The number of sulfone groups is 1. The summed E-state index contributed by atoms with van der Waals surface area (Å²) >= 11 is 0. The predicted octanol–water partition coefficient (Wildman–Crippen LogP) is -0.343. The lowest BCUT2D eigenvalue weighted by Crippen LogP contribution is -2.17. The third-order valence-electron chi connectivity index (χ3n) is 2.11. The van der Waals surface area contributed by atoms with Gasteiger partial charge in [0.2, 0.25) is 0 Å². The fourth-order valence-electron chi connectivity index (χ4n) is 1.32. The van der Waals surface area contributed by atoms with Crippen molar-refractivity contribution < 1.29 is 13.2 Å². The third-order valence-corrected chi connectivity index (χ3v) is 3.02. The van der Waals surface area contributed by atoms with Gasteiger partial charge in [0.15, 0.2) is 0 Å². The van der Waals surface area contributed by atoms with Crippen LogP contribution in [0.3, 0.4) is 0 Å². The topological polar surface area (TPSA) is 55.4 Å². The highest BCUT2D eigenvalue weighted by Gasteiger charge is 2.14. The summed E-state index contributed by atoms with van der Waals surface area (Å²) in [5, 5.41) is 3.23. The molecule has 0 bridgehead atoms. The first-order chi connectivity index (χ1) is 6.08. The zero-order valence-electron chi connectivity index (χ0n) is 7.95. The van der Waals surface area contributed by atoms with Gasteiger partial charge in [-0.2, -0.15) is 0 Å². The van der Waals surface area contributed by atoms with Crippen LogP contribution in [0.2, 0.25) is 0 Å². The van der Waals surface area contributed by atoms with Crippen LogP contribution in [0.15, 0.2) is 0 Å². The standard InChI is InChI=1S/C8H17NO3S/c1-13(10,11)5-4-12-7-8-2-3-9-6-8/h8-9H,2-7H2,1H3. The smallest absolute Gasteiger partial charge is 0.149 e. The second-order valence-corrected chi connectivity index (χ2v) is 5.82. The van der Waals surface area contributed by atoms with Crippen molar-refractivity contribution in [3.63, 3.8) is 0 Å². The van der Waals surface area contributed by atoms with Crippen molar-refractivity contribution in [1.29, 1.82) is 0 Å². The van der Waals surface area contributed by atoms with Gasteiger partial charge in [-0.05, 0) is 18.9 Å². The van der Waals surface area contributed by atoms with Gasteiger partial charge in [-0.15, -0.1) is 0 Å². The summed E-state index contributed by atoms with van der Waals surface area (Å²) in [5.41, 5.74) is 0. The van der Waals surface area contributed by atoms with Crippen molar-refractivity contribution in [2.75, 3.05) is 38.3 Å². The minimum atomic E-state index is -2.86. The Hall–Kier alpha value is -0.130. The molecule has 0 aromatic heterocycles. The van der Waals surface area contributed by atoms with Gasteiger partial charge < -0.3 is 10.1 Å². The Bertz CT molecular complexity index is 232. The van der Waals surface area contributed by atoms with E-state index >= 15 is 0 Å². The quantitative estimate of drug-likeness (QED) is 0.626. The van der Waals surface area contributed by atoms with E-state index in [0.717, 1.165) is 19.5 Å². The lowest BCUT2D eigenvalue weighted by atomic mass is 10.1. The van der Waals surface area contributed by atoms with Crippen LogP contribution in [0.5, 0.6) is 0 Å². The van der Waals surface area contributed by atoms with Crippen molar-refractivity contribution in [1.82, 2.24) is 5.32 Å². The molecule has 1 heterocycles. The maximum atomic E-state index is 10.7. The molecule has 1 aliphatic rings. The molecule has 1 fully saturated rings. The Morgan fingerprint density at radius 2 is 2.31 bits per heavy atom. The van der Waals surface area contributed by atoms with Crippen LogP contribution in [0.1, 0.15) is 6.42 Å². The van der Waals surface area contributed by atoms with Crippen LogP contribution in [0.4, 0.5) is 0 Å². The van der Waals surface area contributed by atoms with Gasteiger partial charge in [-0.3, -0.25) is 0 Å². The van der Waals surface area contributed by atoms with E-state index in [-0.39, 0.29) is 5.75 Å². The summed E-state index contributed by atoms with van der Waals surface area (Å²) in [5.74, 6) is 0.701. The van der Waals surface area contributed by atoms with E-state index in [2.05, 4.69) is 5.32 Å². The Morgan fingerprint density at radius 3 is 2.85 bits per heavy atom. The second-order valence-electron chi connectivity index (χ2n) is 3.56. The lowest BCUT2D eigenvalue weighted by molar-refractivity contribution is 0.118. The molecule has 0 radical (unpaired) electrons. The summed E-state index contributed by atoms with van der Waals surface area (Å²) < 4.78 is 26.7. The van der Waals surface area contributed by atoms with E-state index in [1.54, 1.807) is 0 Å². The number of rotatable bonds is 5. The number of ether oxygens (including phenoxy) is 1. The molecule has 1 atom stereocenters. The van der Waals surface area contributed by atoms with Gasteiger partial charge in [-0.1, -0.05) is 0 Å². The molecule has 0 spiro atoms. The van der Waals surface area contributed by atoms with E-state index < -0.39 is 9.84 Å². The molecule has 78 valence electrons. The van der Waals surface area contributed by atoms with E-state index in [9.17, 15) is 8.42 Å². The Morgan fingerprint density at radius 1 is 1.54 bits per heavy atom. The highest BCUT2D eigenvalue weighted by atomic mass is 32.2. The van der Waals surface area contributed by atoms with E-state index in [0.29, 0.717) is 19.1 Å². The molecule has 0 aromatic rings. The van der Waals surface area contributed by atoms with Crippen LogP contribution in [0.25, 0.3) is 0 Å². The lowest BCUT2D eigenvalue weighted by Gasteiger charge is -2.08. The SMILES string of the molecule is CS(=O)(=O)CCOCC1CCNC1. The van der Waals surface area contributed by atoms with E-state index in [1.807, 2.05) is 0 Å². The highest BCUT2D eigenvalue weighted by molar-refractivity contribution is 7.90. The second kappa shape index (κ2) is 4.93. The van der Waals surface area contributed by atoms with Gasteiger partial charge in [0.05, 0.1) is 19.0 Å². The average molecular weight is 207 g/mol. The molecule has 1 aliphatic heterocycles. The molecule has 13 heavy (non-hydrogen) atoms. The van der Waals surface area contributed by atoms with E-state index in [4.69, 9.17) is 4.74 Å². The molecule has 0 amide bonds. The number of hydrogen-bond acceptors (Lipinski definition) is 4. The summed E-state index contributed by atoms with van der Waals surface area (Å²) in [6.45, 7) is 3.07. The van der Waals surface area contributed by atoms with Crippen molar-refractivity contribution in [3.05, 3.63) is 0 Å². The summed E-state index contributed by atoms with van der Waals surface area (Å²) in [7, 11) is -2.86. The van der Waals surface area contributed by atoms with Crippen molar-refractivity contribution in [2.45, 2.75) is 6.42 Å². The first kappa shape index (κ1) is 10.9. The highest BCUT2D eigenvalue weighted by Crippen LogP contribution is 2.07. The predicted molar refractivity (Wildman–Crippen MR) is 51.5 cm³/mol. The molecule has 1 saturated heterocycles. The molecule has 5 heteroatoms. The molecule has 1 rings (SSSR count). The summed E-state index contributed by atoms with van der Waals surface area (Å²) in [4.78, 5) is 0. The first-order valence-corrected chi connectivity index (χ1v) is 6.60. The largest absolute Gasteiger partial charge is 0.380 e. The zero-order valence-corrected chi connectivity index (χ0v) is 8.77. The number of nitrogens with one attached hydrogen (secondary N) is 1. The molecule has 4 nitrogen and oxygen atoms in total. The zero-order chi connectivity index (χ0) is 9.73. The molecular weight excluding hydrogens is 190 g/mol. The first-order valence-electron chi connectivity index (χ1n) is 4.54. The van der Waals surface area contributed by atoms with Gasteiger partial charge >= 0.3 is 0 Å². The van der Waals surface area contributed by atoms with Crippen LogP contribution < -0.4 is 5.32 Å². The molecule has 0 aliphatic carbocycles. The summed E-state index contributed by atoms with van der Waals surface area (Å²) in [6.07, 6.45) is 2.37. The Labute approximate surface area is 79.6 Å². The maximum absolute atomic E-state index is 10.7. The Balaban J connectivity index is 2.01. The third kappa shape index (κ3) is 5.23. The molecule has 1 N–H and O–H groups in total. The van der Waals surface area contributed by atoms with E-state index in [1.165, 1.54) is 6.26 Å². The molecule has 1 unspecified atom stereocenters. The van der Waals surface area contributed by atoms with Gasteiger partial charge in [0, 0.05) is 12.8 Å².